The standard InChI is InChI=1S/C8H19N/c1-4-5-8(2)6-7-9-3/h8-9H,4-7H2,1-3H3/t8-/m0/s1. The molecule has 0 amide bonds. The molecule has 9 heavy (non-hydrogen) atoms. The summed E-state index contributed by atoms with van der Waals surface area (Å²) in [6, 6.07) is 0. The number of hydrogen-bond donors (Lipinski definition) is 1. The predicted octanol–water partition coefficient (Wildman–Crippen LogP) is 2.03. The zero-order valence-corrected chi connectivity index (χ0v) is 6.91. The molecule has 0 radical (unpaired) electrons. The average molecular weight is 129 g/mol. The van der Waals surface area contributed by atoms with Crippen LogP contribution in [0.1, 0.15) is 33.1 Å². The van der Waals surface area contributed by atoms with E-state index in [0.29, 0.717) is 0 Å². The molecule has 0 saturated carbocycles. The lowest BCUT2D eigenvalue weighted by Gasteiger charge is -2.07. The van der Waals surface area contributed by atoms with Gasteiger partial charge in [-0.05, 0) is 25.9 Å². The molecule has 0 aromatic heterocycles. The van der Waals surface area contributed by atoms with E-state index in [4.69, 9.17) is 0 Å². The summed E-state index contributed by atoms with van der Waals surface area (Å²) in [4.78, 5) is 0. The number of hydrogen-bond acceptors (Lipinski definition) is 1. The van der Waals surface area contributed by atoms with Crippen molar-refractivity contribution in [2.45, 2.75) is 33.1 Å². The van der Waals surface area contributed by atoms with Crippen molar-refractivity contribution in [2.24, 2.45) is 5.92 Å². The Balaban J connectivity index is 2.95. The highest BCUT2D eigenvalue weighted by Crippen LogP contribution is 2.07. The quantitative estimate of drug-likeness (QED) is 0.599. The Morgan fingerprint density at radius 3 is 2.44 bits per heavy atom. The van der Waals surface area contributed by atoms with Crippen LogP contribution in [0.25, 0.3) is 0 Å². The fraction of sp³-hybridized carbons (Fsp3) is 1.00. The van der Waals surface area contributed by atoms with Crippen molar-refractivity contribution < 1.29 is 0 Å². The van der Waals surface area contributed by atoms with Crippen LogP contribution in [-0.2, 0) is 0 Å². The lowest BCUT2D eigenvalue weighted by Crippen LogP contribution is -2.11. The van der Waals surface area contributed by atoms with Crippen LogP contribution in [0.2, 0.25) is 0 Å². The van der Waals surface area contributed by atoms with E-state index in [-0.39, 0.29) is 0 Å². The maximum atomic E-state index is 3.16. The van der Waals surface area contributed by atoms with Gasteiger partial charge in [0.2, 0.25) is 0 Å². The number of nitrogens with one attached hydrogen (secondary N) is 1. The Bertz CT molecular complexity index is 52.5. The number of rotatable bonds is 5. The van der Waals surface area contributed by atoms with E-state index in [1.807, 2.05) is 7.05 Å². The lowest BCUT2D eigenvalue weighted by atomic mass is 10.0. The van der Waals surface area contributed by atoms with Crippen molar-refractivity contribution in [3.8, 4) is 0 Å². The highest BCUT2D eigenvalue weighted by atomic mass is 14.8. The highest BCUT2D eigenvalue weighted by molar-refractivity contribution is 4.52. The van der Waals surface area contributed by atoms with Gasteiger partial charge in [-0.3, -0.25) is 0 Å². The van der Waals surface area contributed by atoms with Gasteiger partial charge < -0.3 is 5.32 Å². The van der Waals surface area contributed by atoms with Crippen molar-refractivity contribution in [3.63, 3.8) is 0 Å². The Kier molecular flexibility index (Phi) is 6.06. The van der Waals surface area contributed by atoms with Crippen molar-refractivity contribution in [3.05, 3.63) is 0 Å². The Hall–Kier alpha value is -0.0400. The summed E-state index contributed by atoms with van der Waals surface area (Å²) in [5, 5.41) is 3.16. The van der Waals surface area contributed by atoms with Crippen LogP contribution in [0.5, 0.6) is 0 Å². The minimum absolute atomic E-state index is 0.905. The van der Waals surface area contributed by atoms with Crippen LogP contribution in [0.4, 0.5) is 0 Å². The van der Waals surface area contributed by atoms with E-state index in [1.54, 1.807) is 0 Å². The molecule has 0 aromatic carbocycles. The molecular formula is C8H19N. The summed E-state index contributed by atoms with van der Waals surface area (Å²) in [6.45, 7) is 5.73. The molecule has 0 heterocycles. The van der Waals surface area contributed by atoms with Crippen molar-refractivity contribution in [2.75, 3.05) is 13.6 Å². The van der Waals surface area contributed by atoms with Gasteiger partial charge in [0.25, 0.3) is 0 Å². The Morgan fingerprint density at radius 1 is 1.33 bits per heavy atom. The molecule has 0 aliphatic heterocycles. The second kappa shape index (κ2) is 6.09. The monoisotopic (exact) mass is 129 g/mol. The van der Waals surface area contributed by atoms with Crippen LogP contribution in [0.3, 0.4) is 0 Å². The topological polar surface area (TPSA) is 12.0 Å². The van der Waals surface area contributed by atoms with Gasteiger partial charge in [-0.25, -0.2) is 0 Å². The summed E-state index contributed by atoms with van der Waals surface area (Å²) in [5.74, 6) is 0.905. The van der Waals surface area contributed by atoms with Crippen molar-refractivity contribution >= 4 is 0 Å². The first-order chi connectivity index (χ1) is 4.31. The second-order valence-corrected chi connectivity index (χ2v) is 2.79. The molecule has 1 N–H and O–H groups in total. The normalized spacial score (nSPS) is 13.7. The molecule has 56 valence electrons. The fourth-order valence-corrected chi connectivity index (χ4v) is 1.03. The van der Waals surface area contributed by atoms with Crippen LogP contribution < -0.4 is 5.32 Å². The third-order valence-corrected chi connectivity index (χ3v) is 1.67. The van der Waals surface area contributed by atoms with E-state index >= 15 is 0 Å². The first-order valence-electron chi connectivity index (χ1n) is 3.95. The minimum Gasteiger partial charge on any atom is -0.320 e. The third kappa shape index (κ3) is 5.84. The molecule has 0 unspecified atom stereocenters. The van der Waals surface area contributed by atoms with E-state index in [0.717, 1.165) is 5.92 Å². The molecular weight excluding hydrogens is 110 g/mol. The first kappa shape index (κ1) is 8.96. The Labute approximate surface area is 58.8 Å². The Morgan fingerprint density at radius 2 is 2.00 bits per heavy atom. The van der Waals surface area contributed by atoms with Crippen LogP contribution in [0, 0.1) is 5.92 Å². The summed E-state index contributed by atoms with van der Waals surface area (Å²) in [5.41, 5.74) is 0. The molecule has 0 aliphatic carbocycles. The van der Waals surface area contributed by atoms with E-state index in [9.17, 15) is 0 Å². The van der Waals surface area contributed by atoms with Gasteiger partial charge in [0.05, 0.1) is 0 Å². The molecule has 0 rings (SSSR count). The molecule has 0 bridgehead atoms. The highest BCUT2D eigenvalue weighted by Gasteiger charge is 1.97. The maximum absolute atomic E-state index is 3.16. The largest absolute Gasteiger partial charge is 0.320 e. The summed E-state index contributed by atoms with van der Waals surface area (Å²) in [7, 11) is 2.01. The van der Waals surface area contributed by atoms with Crippen molar-refractivity contribution in [1.82, 2.24) is 5.32 Å². The summed E-state index contributed by atoms with van der Waals surface area (Å²) >= 11 is 0. The third-order valence-electron chi connectivity index (χ3n) is 1.67. The van der Waals surface area contributed by atoms with E-state index in [1.165, 1.54) is 25.8 Å². The van der Waals surface area contributed by atoms with Gasteiger partial charge in [0.1, 0.15) is 0 Å². The van der Waals surface area contributed by atoms with Crippen LogP contribution in [-0.4, -0.2) is 13.6 Å². The zero-order chi connectivity index (χ0) is 7.11. The summed E-state index contributed by atoms with van der Waals surface area (Å²) < 4.78 is 0. The van der Waals surface area contributed by atoms with Gasteiger partial charge in [-0.15, -0.1) is 0 Å². The lowest BCUT2D eigenvalue weighted by molar-refractivity contribution is 0.476. The molecule has 1 atom stereocenters. The molecule has 0 saturated heterocycles. The zero-order valence-electron chi connectivity index (χ0n) is 6.91. The first-order valence-corrected chi connectivity index (χ1v) is 3.95. The van der Waals surface area contributed by atoms with Gasteiger partial charge in [-0.2, -0.15) is 0 Å². The molecule has 0 spiro atoms. The van der Waals surface area contributed by atoms with E-state index in [2.05, 4.69) is 19.2 Å². The van der Waals surface area contributed by atoms with Gasteiger partial charge in [0.15, 0.2) is 0 Å². The molecule has 0 aromatic rings. The van der Waals surface area contributed by atoms with Crippen LogP contribution >= 0.6 is 0 Å². The molecule has 1 nitrogen and oxygen atoms in total. The smallest absolute Gasteiger partial charge is 0.00494 e. The van der Waals surface area contributed by atoms with Gasteiger partial charge in [0, 0.05) is 0 Å². The maximum Gasteiger partial charge on any atom is -0.00494 e. The average Bonchev–Trinajstić information content (AvgIpc) is 1.85. The molecule has 0 fully saturated rings. The van der Waals surface area contributed by atoms with Crippen LogP contribution in [0.15, 0.2) is 0 Å². The van der Waals surface area contributed by atoms with Gasteiger partial charge >= 0.3 is 0 Å². The van der Waals surface area contributed by atoms with Gasteiger partial charge in [-0.1, -0.05) is 26.7 Å². The molecule has 1 heteroatoms. The summed E-state index contributed by atoms with van der Waals surface area (Å²) in [6.07, 6.45) is 4.02. The fourth-order valence-electron chi connectivity index (χ4n) is 1.03. The van der Waals surface area contributed by atoms with Crippen molar-refractivity contribution in [1.29, 1.82) is 0 Å². The minimum atomic E-state index is 0.905. The molecule has 0 aliphatic rings. The van der Waals surface area contributed by atoms with E-state index < -0.39 is 0 Å². The predicted molar refractivity (Wildman–Crippen MR) is 42.6 cm³/mol. The second-order valence-electron chi connectivity index (χ2n) is 2.79. The SMILES string of the molecule is CCC[C@H](C)CCNC.